The Morgan fingerprint density at radius 3 is 2.50 bits per heavy atom. The minimum Gasteiger partial charge on any atom is -0.464 e. The number of amides is 3. The van der Waals surface area contributed by atoms with E-state index in [4.69, 9.17) is 4.42 Å². The lowest BCUT2D eigenvalue weighted by atomic mass is 10.0. The molecule has 1 aromatic heterocycles. The summed E-state index contributed by atoms with van der Waals surface area (Å²) >= 11 is 0. The second kappa shape index (κ2) is 8.75. The number of nitrogens with zero attached hydrogens (tertiary/aromatic N) is 1. The predicted molar refractivity (Wildman–Crippen MR) is 126 cm³/mol. The summed E-state index contributed by atoms with van der Waals surface area (Å²) in [6.07, 6.45) is 3.44. The lowest BCUT2D eigenvalue weighted by Gasteiger charge is -2.32. The third-order valence-electron chi connectivity index (χ3n) is 6.06. The van der Waals surface area contributed by atoms with E-state index >= 15 is 0 Å². The summed E-state index contributed by atoms with van der Waals surface area (Å²) in [6.45, 7) is 1.23. The summed E-state index contributed by atoms with van der Waals surface area (Å²) in [7, 11) is 0. The average molecular weight is 428 g/mol. The quantitative estimate of drug-likeness (QED) is 0.484. The first-order chi connectivity index (χ1) is 15.7. The van der Waals surface area contributed by atoms with E-state index in [1.165, 1.54) is 0 Å². The Balaban J connectivity index is 1.18. The molecule has 3 aromatic carbocycles. The monoisotopic (exact) mass is 427 g/mol. The minimum absolute atomic E-state index is 0.0205. The Morgan fingerprint density at radius 2 is 1.69 bits per heavy atom. The van der Waals surface area contributed by atoms with E-state index in [2.05, 4.69) is 22.8 Å². The van der Waals surface area contributed by atoms with Crippen LogP contribution in [-0.4, -0.2) is 36.0 Å². The van der Waals surface area contributed by atoms with E-state index in [1.54, 1.807) is 11.2 Å². The molecule has 162 valence electrons. The standard InChI is InChI=1S/C26H25N3O3/c30-24(16-19-17-32-23-11-10-18-6-4-5-9-22(18)25(19)23)27-21-12-14-29(15-13-21)26(31)28-20-7-2-1-3-8-20/h1-11,17,21H,12-16H2,(H,27,30)(H,28,31). The second-order valence-electron chi connectivity index (χ2n) is 8.22. The molecule has 0 aliphatic carbocycles. The average Bonchev–Trinajstić information content (AvgIpc) is 3.23. The van der Waals surface area contributed by atoms with Gasteiger partial charge in [0.15, 0.2) is 0 Å². The van der Waals surface area contributed by atoms with Gasteiger partial charge in [-0.3, -0.25) is 4.79 Å². The fraction of sp³-hybridized carbons (Fsp3) is 0.231. The molecule has 1 fully saturated rings. The van der Waals surface area contributed by atoms with E-state index < -0.39 is 0 Å². The van der Waals surface area contributed by atoms with Crippen molar-refractivity contribution in [3.05, 3.63) is 78.6 Å². The lowest BCUT2D eigenvalue weighted by Crippen LogP contribution is -2.48. The molecule has 6 heteroatoms. The fourth-order valence-electron chi connectivity index (χ4n) is 4.41. The number of hydrogen-bond acceptors (Lipinski definition) is 3. The summed E-state index contributed by atoms with van der Waals surface area (Å²) < 4.78 is 5.71. The van der Waals surface area contributed by atoms with Crippen LogP contribution in [0.25, 0.3) is 21.7 Å². The molecule has 0 unspecified atom stereocenters. The molecule has 3 amide bonds. The third-order valence-corrected chi connectivity index (χ3v) is 6.06. The van der Waals surface area contributed by atoms with Crippen LogP contribution in [0.5, 0.6) is 0 Å². The molecule has 2 heterocycles. The zero-order chi connectivity index (χ0) is 21.9. The number of hydrogen-bond donors (Lipinski definition) is 2. The van der Waals surface area contributed by atoms with Crippen LogP contribution in [0.3, 0.4) is 0 Å². The van der Waals surface area contributed by atoms with Crippen molar-refractivity contribution in [1.29, 1.82) is 0 Å². The summed E-state index contributed by atoms with van der Waals surface area (Å²) in [5.41, 5.74) is 2.48. The number of para-hydroxylation sites is 1. The zero-order valence-corrected chi connectivity index (χ0v) is 17.7. The van der Waals surface area contributed by atoms with Gasteiger partial charge in [-0.15, -0.1) is 0 Å². The van der Waals surface area contributed by atoms with Gasteiger partial charge in [-0.2, -0.15) is 0 Å². The first-order valence-electron chi connectivity index (χ1n) is 11.0. The molecule has 0 spiro atoms. The number of fused-ring (bicyclic) bond motifs is 3. The largest absolute Gasteiger partial charge is 0.464 e. The molecular weight excluding hydrogens is 402 g/mol. The Labute approximate surface area is 186 Å². The van der Waals surface area contributed by atoms with Crippen molar-refractivity contribution in [3.63, 3.8) is 0 Å². The predicted octanol–water partition coefficient (Wildman–Crippen LogP) is 4.94. The van der Waals surface area contributed by atoms with Gasteiger partial charge >= 0.3 is 6.03 Å². The summed E-state index contributed by atoms with van der Waals surface area (Å²) in [6, 6.07) is 21.5. The molecule has 0 bridgehead atoms. The van der Waals surface area contributed by atoms with E-state index in [1.807, 2.05) is 54.6 Å². The van der Waals surface area contributed by atoms with Crippen LogP contribution in [0.1, 0.15) is 18.4 Å². The van der Waals surface area contributed by atoms with E-state index in [-0.39, 0.29) is 24.4 Å². The van der Waals surface area contributed by atoms with E-state index in [9.17, 15) is 9.59 Å². The molecule has 4 aromatic rings. The first-order valence-corrected chi connectivity index (χ1v) is 11.0. The number of rotatable bonds is 4. The molecular formula is C26H25N3O3. The number of nitrogens with one attached hydrogen (secondary N) is 2. The van der Waals surface area contributed by atoms with Gasteiger partial charge in [0.1, 0.15) is 5.58 Å². The van der Waals surface area contributed by atoms with Crippen molar-refractivity contribution in [3.8, 4) is 0 Å². The number of furan rings is 1. The van der Waals surface area contributed by atoms with Gasteiger partial charge in [0.05, 0.1) is 12.7 Å². The Hall–Kier alpha value is -3.80. The van der Waals surface area contributed by atoms with Gasteiger partial charge < -0.3 is 20.0 Å². The molecule has 0 radical (unpaired) electrons. The van der Waals surface area contributed by atoms with Crippen LogP contribution in [0.15, 0.2) is 77.4 Å². The van der Waals surface area contributed by atoms with Crippen molar-refractivity contribution in [2.24, 2.45) is 0 Å². The molecule has 1 aliphatic rings. The number of piperidine rings is 1. The topological polar surface area (TPSA) is 74.6 Å². The highest BCUT2D eigenvalue weighted by atomic mass is 16.3. The lowest BCUT2D eigenvalue weighted by molar-refractivity contribution is -0.121. The van der Waals surface area contributed by atoms with Gasteiger partial charge in [-0.25, -0.2) is 4.79 Å². The molecule has 5 rings (SSSR count). The summed E-state index contributed by atoms with van der Waals surface area (Å²) in [4.78, 5) is 27.0. The third kappa shape index (κ3) is 4.17. The number of benzene rings is 3. The van der Waals surface area contributed by atoms with Gasteiger partial charge in [-0.05, 0) is 41.8 Å². The molecule has 0 atom stereocenters. The maximum absolute atomic E-state index is 12.8. The van der Waals surface area contributed by atoms with Crippen LogP contribution in [0.2, 0.25) is 0 Å². The molecule has 6 nitrogen and oxygen atoms in total. The highest BCUT2D eigenvalue weighted by Crippen LogP contribution is 2.30. The Bertz CT molecular complexity index is 1260. The molecule has 32 heavy (non-hydrogen) atoms. The van der Waals surface area contributed by atoms with Crippen molar-refractivity contribution in [2.75, 3.05) is 18.4 Å². The second-order valence-corrected chi connectivity index (χ2v) is 8.22. The van der Waals surface area contributed by atoms with Gasteiger partial charge in [0.25, 0.3) is 0 Å². The number of carbonyl (C=O) groups is 2. The first kappa shape index (κ1) is 20.1. The smallest absolute Gasteiger partial charge is 0.321 e. The van der Waals surface area contributed by atoms with Crippen LogP contribution >= 0.6 is 0 Å². The van der Waals surface area contributed by atoms with E-state index in [0.29, 0.717) is 13.1 Å². The number of carbonyl (C=O) groups excluding carboxylic acids is 2. The van der Waals surface area contributed by atoms with Crippen LogP contribution in [-0.2, 0) is 11.2 Å². The van der Waals surface area contributed by atoms with Gasteiger partial charge in [-0.1, -0.05) is 48.5 Å². The number of urea groups is 1. The molecule has 2 N–H and O–H groups in total. The van der Waals surface area contributed by atoms with Crippen LogP contribution < -0.4 is 10.6 Å². The maximum Gasteiger partial charge on any atom is 0.321 e. The number of likely N-dealkylation sites (tertiary alicyclic amines) is 1. The Kier molecular flexibility index (Phi) is 5.50. The highest BCUT2D eigenvalue weighted by molar-refractivity contribution is 6.08. The molecule has 1 saturated heterocycles. The van der Waals surface area contributed by atoms with Gasteiger partial charge in [0, 0.05) is 35.8 Å². The maximum atomic E-state index is 12.8. The van der Waals surface area contributed by atoms with E-state index in [0.717, 1.165) is 45.8 Å². The molecule has 1 aliphatic heterocycles. The SMILES string of the molecule is O=C(Cc1coc2ccc3ccccc3c12)NC1CCN(C(=O)Nc2ccccc2)CC1. The summed E-state index contributed by atoms with van der Waals surface area (Å²) in [5, 5.41) is 9.29. The zero-order valence-electron chi connectivity index (χ0n) is 17.7. The highest BCUT2D eigenvalue weighted by Gasteiger charge is 2.24. The van der Waals surface area contributed by atoms with Gasteiger partial charge in [0.2, 0.25) is 5.91 Å². The fourth-order valence-corrected chi connectivity index (χ4v) is 4.41. The van der Waals surface area contributed by atoms with Crippen molar-refractivity contribution in [2.45, 2.75) is 25.3 Å². The number of anilines is 1. The van der Waals surface area contributed by atoms with Crippen molar-refractivity contribution >= 4 is 39.4 Å². The van der Waals surface area contributed by atoms with Crippen molar-refractivity contribution in [1.82, 2.24) is 10.2 Å². The van der Waals surface area contributed by atoms with Crippen LogP contribution in [0, 0.1) is 0 Å². The summed E-state index contributed by atoms with van der Waals surface area (Å²) in [5.74, 6) is -0.0205. The Morgan fingerprint density at radius 1 is 0.938 bits per heavy atom. The minimum atomic E-state index is -0.0993. The normalized spacial score (nSPS) is 14.6. The molecule has 0 saturated carbocycles. The van der Waals surface area contributed by atoms with Crippen molar-refractivity contribution < 1.29 is 14.0 Å². The van der Waals surface area contributed by atoms with Crippen LogP contribution in [0.4, 0.5) is 10.5 Å².